The van der Waals surface area contributed by atoms with Crippen molar-refractivity contribution in [3.05, 3.63) is 48.2 Å². The van der Waals surface area contributed by atoms with E-state index in [2.05, 4.69) is 20.3 Å². The van der Waals surface area contributed by atoms with E-state index in [-0.39, 0.29) is 24.1 Å². The number of aromatic nitrogens is 3. The van der Waals surface area contributed by atoms with Gasteiger partial charge in [0.15, 0.2) is 5.82 Å². The Morgan fingerprint density at radius 3 is 2.69 bits per heavy atom. The van der Waals surface area contributed by atoms with E-state index < -0.39 is 0 Å². The number of hydrogen-bond donors (Lipinski definition) is 1. The molecule has 2 aromatic heterocycles. The topological polar surface area (TPSA) is 108 Å². The van der Waals surface area contributed by atoms with Crippen LogP contribution in [0.15, 0.2) is 48.2 Å². The van der Waals surface area contributed by atoms with Gasteiger partial charge in [-0.1, -0.05) is 0 Å². The van der Waals surface area contributed by atoms with Crippen LogP contribution in [0.5, 0.6) is 0 Å². The van der Waals surface area contributed by atoms with Crippen LogP contribution in [0, 0.1) is 0 Å². The van der Waals surface area contributed by atoms with E-state index >= 15 is 0 Å². The van der Waals surface area contributed by atoms with Crippen LogP contribution in [0.4, 0.5) is 5.82 Å². The van der Waals surface area contributed by atoms with Crippen LogP contribution in [-0.4, -0.2) is 70.0 Å². The maximum absolute atomic E-state index is 12.5. The zero-order valence-electron chi connectivity index (χ0n) is 16.3. The van der Waals surface area contributed by atoms with E-state index in [1.165, 1.54) is 11.1 Å². The summed E-state index contributed by atoms with van der Waals surface area (Å²) in [7, 11) is 3.23. The first-order chi connectivity index (χ1) is 14.0. The zero-order chi connectivity index (χ0) is 20.8. The SMILES string of the molecule is CN(C)C(=O)C1=C(C=O)CCCN1CC(=O)Nc1cnc(-c2cccnc2)cn1. The number of aldehydes is 1. The van der Waals surface area contributed by atoms with Crippen molar-refractivity contribution in [2.75, 3.05) is 32.5 Å². The fourth-order valence-electron chi connectivity index (χ4n) is 3.06. The third-order valence-electron chi connectivity index (χ3n) is 4.46. The lowest BCUT2D eigenvalue weighted by Gasteiger charge is -2.32. The molecule has 0 fully saturated rings. The first-order valence-corrected chi connectivity index (χ1v) is 9.17. The van der Waals surface area contributed by atoms with Gasteiger partial charge in [0.2, 0.25) is 5.91 Å². The molecule has 3 heterocycles. The van der Waals surface area contributed by atoms with Gasteiger partial charge < -0.3 is 15.1 Å². The second-order valence-electron chi connectivity index (χ2n) is 6.79. The molecule has 2 amide bonds. The second-order valence-corrected chi connectivity index (χ2v) is 6.79. The van der Waals surface area contributed by atoms with Crippen molar-refractivity contribution in [2.45, 2.75) is 12.8 Å². The fourth-order valence-corrected chi connectivity index (χ4v) is 3.06. The first kappa shape index (κ1) is 20.1. The van der Waals surface area contributed by atoms with Gasteiger partial charge in [-0.3, -0.25) is 24.4 Å². The van der Waals surface area contributed by atoms with E-state index in [0.717, 1.165) is 5.56 Å². The van der Waals surface area contributed by atoms with Crippen LogP contribution in [0.1, 0.15) is 12.8 Å². The lowest BCUT2D eigenvalue weighted by molar-refractivity contribution is -0.127. The predicted octanol–water partition coefficient (Wildman–Crippen LogP) is 1.11. The largest absolute Gasteiger partial charge is 0.357 e. The van der Waals surface area contributed by atoms with Crippen LogP contribution < -0.4 is 5.32 Å². The second kappa shape index (κ2) is 9.05. The van der Waals surface area contributed by atoms with Crippen molar-refractivity contribution in [3.8, 4) is 11.3 Å². The van der Waals surface area contributed by atoms with Gasteiger partial charge in [-0.2, -0.15) is 0 Å². The van der Waals surface area contributed by atoms with E-state index in [9.17, 15) is 14.4 Å². The highest BCUT2D eigenvalue weighted by molar-refractivity contribution is 5.99. The minimum Gasteiger partial charge on any atom is -0.357 e. The Balaban J connectivity index is 1.69. The van der Waals surface area contributed by atoms with Crippen molar-refractivity contribution in [1.82, 2.24) is 24.8 Å². The molecular formula is C20H22N6O3. The van der Waals surface area contributed by atoms with Gasteiger partial charge in [-0.15, -0.1) is 0 Å². The molecule has 9 heteroatoms. The average Bonchev–Trinajstić information content (AvgIpc) is 2.74. The summed E-state index contributed by atoms with van der Waals surface area (Å²) in [6, 6.07) is 3.67. The Kier molecular flexibility index (Phi) is 6.28. The number of amides is 2. The lowest BCUT2D eigenvalue weighted by Crippen LogP contribution is -2.42. The number of rotatable bonds is 6. The smallest absolute Gasteiger partial charge is 0.270 e. The molecule has 1 N–H and O–H groups in total. The summed E-state index contributed by atoms with van der Waals surface area (Å²) in [5, 5.41) is 2.68. The zero-order valence-corrected chi connectivity index (χ0v) is 16.3. The molecule has 29 heavy (non-hydrogen) atoms. The summed E-state index contributed by atoms with van der Waals surface area (Å²) in [4.78, 5) is 52.0. The molecule has 1 aliphatic heterocycles. The molecule has 0 saturated heterocycles. The summed E-state index contributed by atoms with van der Waals surface area (Å²) >= 11 is 0. The molecule has 0 saturated carbocycles. The Morgan fingerprint density at radius 1 is 1.24 bits per heavy atom. The molecule has 0 aliphatic carbocycles. The van der Waals surface area contributed by atoms with E-state index in [0.29, 0.717) is 42.8 Å². The van der Waals surface area contributed by atoms with E-state index in [1.54, 1.807) is 43.7 Å². The Hall–Kier alpha value is -3.62. The summed E-state index contributed by atoms with van der Waals surface area (Å²) < 4.78 is 0. The Bertz CT molecular complexity index is 925. The van der Waals surface area contributed by atoms with Crippen molar-refractivity contribution in [1.29, 1.82) is 0 Å². The molecular weight excluding hydrogens is 372 g/mol. The number of anilines is 1. The van der Waals surface area contributed by atoms with Gasteiger partial charge in [0.1, 0.15) is 12.0 Å². The molecule has 0 radical (unpaired) electrons. The van der Waals surface area contributed by atoms with Gasteiger partial charge >= 0.3 is 0 Å². The van der Waals surface area contributed by atoms with Crippen molar-refractivity contribution >= 4 is 23.9 Å². The van der Waals surface area contributed by atoms with Crippen molar-refractivity contribution in [2.24, 2.45) is 0 Å². The summed E-state index contributed by atoms with van der Waals surface area (Å²) in [6.45, 7) is 0.462. The average molecular weight is 394 g/mol. The summed E-state index contributed by atoms with van der Waals surface area (Å²) in [5.41, 5.74) is 2.17. The normalized spacial score (nSPS) is 13.8. The quantitative estimate of drug-likeness (QED) is 0.731. The van der Waals surface area contributed by atoms with Gasteiger partial charge in [-0.25, -0.2) is 4.98 Å². The molecule has 3 rings (SSSR count). The maximum Gasteiger partial charge on any atom is 0.270 e. The summed E-state index contributed by atoms with van der Waals surface area (Å²) in [5.74, 6) is -0.329. The highest BCUT2D eigenvalue weighted by Crippen LogP contribution is 2.22. The maximum atomic E-state index is 12.5. The molecule has 150 valence electrons. The number of allylic oxidation sites excluding steroid dienone is 1. The highest BCUT2D eigenvalue weighted by Gasteiger charge is 2.28. The van der Waals surface area contributed by atoms with Gasteiger partial charge in [0, 0.05) is 44.2 Å². The molecule has 9 nitrogen and oxygen atoms in total. The number of carbonyl (C=O) groups excluding carboxylic acids is 3. The number of likely N-dealkylation sites (N-methyl/N-ethyl adjacent to an activating group) is 1. The number of nitrogens with zero attached hydrogens (tertiary/aromatic N) is 5. The third-order valence-corrected chi connectivity index (χ3v) is 4.46. The van der Waals surface area contributed by atoms with Crippen LogP contribution in [0.3, 0.4) is 0 Å². The molecule has 0 aromatic carbocycles. The van der Waals surface area contributed by atoms with E-state index in [1.807, 2.05) is 6.07 Å². The fraction of sp³-hybridized carbons (Fsp3) is 0.300. The molecule has 0 bridgehead atoms. The van der Waals surface area contributed by atoms with Gasteiger partial charge in [-0.05, 0) is 25.0 Å². The molecule has 0 atom stereocenters. The summed E-state index contributed by atoms with van der Waals surface area (Å²) in [6.07, 6.45) is 8.30. The minimum absolute atomic E-state index is 0.0573. The standard InChI is InChI=1S/C20H22N6O3/c1-25(2)20(29)19-15(13-27)6-4-8-26(19)12-18(28)24-17-11-22-16(10-23-17)14-5-3-7-21-9-14/h3,5,7,9-11,13H,4,6,8,12H2,1-2H3,(H,23,24,28). The van der Waals surface area contributed by atoms with Crippen molar-refractivity contribution < 1.29 is 14.4 Å². The number of carbonyl (C=O) groups is 3. The monoisotopic (exact) mass is 394 g/mol. The first-order valence-electron chi connectivity index (χ1n) is 9.17. The Morgan fingerprint density at radius 2 is 2.07 bits per heavy atom. The number of hydrogen-bond acceptors (Lipinski definition) is 7. The Labute approximate surface area is 168 Å². The van der Waals surface area contributed by atoms with E-state index in [4.69, 9.17) is 0 Å². The molecule has 2 aromatic rings. The molecule has 0 unspecified atom stereocenters. The predicted molar refractivity (Wildman–Crippen MR) is 106 cm³/mol. The molecule has 1 aliphatic rings. The van der Waals surface area contributed by atoms with Crippen LogP contribution in [0.2, 0.25) is 0 Å². The van der Waals surface area contributed by atoms with Crippen LogP contribution in [-0.2, 0) is 14.4 Å². The number of nitrogens with one attached hydrogen (secondary N) is 1. The van der Waals surface area contributed by atoms with Gasteiger partial charge in [0.25, 0.3) is 5.91 Å². The van der Waals surface area contributed by atoms with Crippen LogP contribution >= 0.6 is 0 Å². The highest BCUT2D eigenvalue weighted by atomic mass is 16.2. The minimum atomic E-state index is -0.343. The van der Waals surface area contributed by atoms with Crippen LogP contribution in [0.25, 0.3) is 11.3 Å². The van der Waals surface area contributed by atoms with Crippen molar-refractivity contribution in [3.63, 3.8) is 0 Å². The third kappa shape index (κ3) is 4.81. The van der Waals surface area contributed by atoms with Gasteiger partial charge in [0.05, 0.1) is 24.6 Å². The number of pyridine rings is 1. The molecule has 0 spiro atoms. The lowest BCUT2D eigenvalue weighted by atomic mass is 10.0.